The van der Waals surface area contributed by atoms with Gasteiger partial charge in [0.25, 0.3) is 0 Å². The maximum Gasteiger partial charge on any atom is 0.163 e. The third kappa shape index (κ3) is 1.98. The van der Waals surface area contributed by atoms with Gasteiger partial charge in [0.05, 0.1) is 7.11 Å². The van der Waals surface area contributed by atoms with Crippen LogP contribution >= 0.6 is 11.8 Å². The highest BCUT2D eigenvalue weighted by molar-refractivity contribution is 7.98. The fourth-order valence-corrected chi connectivity index (χ4v) is 3.52. The van der Waals surface area contributed by atoms with Crippen LogP contribution < -0.4 is 4.74 Å². The summed E-state index contributed by atoms with van der Waals surface area (Å²) in [6.45, 7) is 0. The molecule has 1 aliphatic rings. The number of hydrogen-bond donors (Lipinski definition) is 1. The van der Waals surface area contributed by atoms with Crippen molar-refractivity contribution in [3.63, 3.8) is 0 Å². The van der Waals surface area contributed by atoms with Crippen LogP contribution in [-0.4, -0.2) is 12.2 Å². The Labute approximate surface area is 119 Å². The maximum atomic E-state index is 14.0. The van der Waals surface area contributed by atoms with Crippen molar-refractivity contribution in [3.05, 3.63) is 58.7 Å². The molecule has 1 atom stereocenters. The second kappa shape index (κ2) is 5.07. The zero-order chi connectivity index (χ0) is 14.3. The van der Waals surface area contributed by atoms with Crippen molar-refractivity contribution >= 4 is 11.8 Å². The molecule has 3 rings (SSSR count). The maximum absolute atomic E-state index is 14.0. The van der Waals surface area contributed by atoms with Gasteiger partial charge in [-0.05, 0) is 11.6 Å². The highest BCUT2D eigenvalue weighted by atomic mass is 32.2. The van der Waals surface area contributed by atoms with E-state index in [9.17, 15) is 13.9 Å². The SMILES string of the molecule is COc1cc(F)c(F)c2c1C(O)c1ccccc1SC2. The van der Waals surface area contributed by atoms with E-state index in [0.717, 1.165) is 11.0 Å². The number of hydrogen-bond acceptors (Lipinski definition) is 3. The van der Waals surface area contributed by atoms with E-state index in [1.54, 1.807) is 12.1 Å². The summed E-state index contributed by atoms with van der Waals surface area (Å²) in [7, 11) is 1.38. The summed E-state index contributed by atoms with van der Waals surface area (Å²) in [6, 6.07) is 8.28. The van der Waals surface area contributed by atoms with Crippen LogP contribution in [0.1, 0.15) is 22.8 Å². The van der Waals surface area contributed by atoms with Gasteiger partial charge in [-0.15, -0.1) is 11.8 Å². The van der Waals surface area contributed by atoms with E-state index in [2.05, 4.69) is 0 Å². The van der Waals surface area contributed by atoms with Gasteiger partial charge in [-0.25, -0.2) is 8.78 Å². The third-order valence-electron chi connectivity index (χ3n) is 3.40. The molecule has 1 aliphatic heterocycles. The lowest BCUT2D eigenvalue weighted by Crippen LogP contribution is -2.08. The molecule has 20 heavy (non-hydrogen) atoms. The van der Waals surface area contributed by atoms with Gasteiger partial charge in [0.1, 0.15) is 11.9 Å². The number of aliphatic hydroxyl groups is 1. The van der Waals surface area contributed by atoms with Crippen molar-refractivity contribution in [1.29, 1.82) is 0 Å². The molecular weight excluding hydrogens is 282 g/mol. The van der Waals surface area contributed by atoms with Gasteiger partial charge in [0.15, 0.2) is 11.6 Å². The summed E-state index contributed by atoms with van der Waals surface area (Å²) in [4.78, 5) is 0.859. The molecule has 2 aromatic carbocycles. The van der Waals surface area contributed by atoms with E-state index in [0.29, 0.717) is 11.1 Å². The molecule has 0 amide bonds. The third-order valence-corrected chi connectivity index (χ3v) is 4.52. The Hall–Kier alpha value is -1.59. The molecule has 1 heterocycles. The van der Waals surface area contributed by atoms with Crippen LogP contribution in [0.25, 0.3) is 0 Å². The number of methoxy groups -OCH3 is 1. The highest BCUT2D eigenvalue weighted by Crippen LogP contribution is 2.44. The van der Waals surface area contributed by atoms with Crippen LogP contribution in [0, 0.1) is 11.6 Å². The molecule has 0 bridgehead atoms. The molecule has 2 aromatic rings. The lowest BCUT2D eigenvalue weighted by Gasteiger charge is -2.18. The van der Waals surface area contributed by atoms with Crippen molar-refractivity contribution in [3.8, 4) is 5.75 Å². The van der Waals surface area contributed by atoms with Crippen LogP contribution in [0.4, 0.5) is 8.78 Å². The molecule has 0 aliphatic carbocycles. The number of halogens is 2. The van der Waals surface area contributed by atoms with Gasteiger partial charge in [-0.3, -0.25) is 0 Å². The number of benzene rings is 2. The molecule has 1 N–H and O–H groups in total. The number of thioether (sulfide) groups is 1. The van der Waals surface area contributed by atoms with Crippen LogP contribution in [0.15, 0.2) is 35.2 Å². The van der Waals surface area contributed by atoms with E-state index in [1.807, 2.05) is 12.1 Å². The normalized spacial score (nSPS) is 17.1. The summed E-state index contributed by atoms with van der Waals surface area (Å²) >= 11 is 1.38. The molecule has 0 saturated carbocycles. The molecule has 0 aromatic heterocycles. The van der Waals surface area contributed by atoms with Gasteiger partial charge < -0.3 is 9.84 Å². The minimum Gasteiger partial charge on any atom is -0.496 e. The lowest BCUT2D eigenvalue weighted by atomic mass is 9.96. The molecule has 5 heteroatoms. The minimum absolute atomic E-state index is 0.163. The van der Waals surface area contributed by atoms with Gasteiger partial charge in [0, 0.05) is 27.8 Å². The Bertz CT molecular complexity index is 673. The Balaban J connectivity index is 2.27. The summed E-state index contributed by atoms with van der Waals surface area (Å²) < 4.78 is 32.7. The molecule has 0 spiro atoms. The topological polar surface area (TPSA) is 29.5 Å². The molecule has 2 nitrogen and oxygen atoms in total. The summed E-state index contributed by atoms with van der Waals surface area (Å²) in [5.74, 6) is -1.45. The first-order chi connectivity index (χ1) is 9.63. The average molecular weight is 294 g/mol. The molecule has 0 fully saturated rings. The summed E-state index contributed by atoms with van der Waals surface area (Å²) in [5, 5.41) is 10.5. The predicted molar refractivity (Wildman–Crippen MR) is 73.0 cm³/mol. The zero-order valence-corrected chi connectivity index (χ0v) is 11.5. The highest BCUT2D eigenvalue weighted by Gasteiger charge is 2.29. The van der Waals surface area contributed by atoms with Gasteiger partial charge in [-0.2, -0.15) is 0 Å². The van der Waals surface area contributed by atoms with Gasteiger partial charge >= 0.3 is 0 Å². The summed E-state index contributed by atoms with van der Waals surface area (Å²) in [6.07, 6.45) is -1.03. The van der Waals surface area contributed by atoms with E-state index in [1.165, 1.54) is 18.9 Å². The lowest BCUT2D eigenvalue weighted by molar-refractivity contribution is 0.210. The van der Waals surface area contributed by atoms with Crippen LogP contribution in [-0.2, 0) is 5.75 Å². The van der Waals surface area contributed by atoms with Crippen molar-refractivity contribution in [1.82, 2.24) is 0 Å². The Morgan fingerprint density at radius 3 is 2.80 bits per heavy atom. The van der Waals surface area contributed by atoms with E-state index in [4.69, 9.17) is 4.74 Å². The van der Waals surface area contributed by atoms with E-state index in [-0.39, 0.29) is 17.1 Å². The smallest absolute Gasteiger partial charge is 0.163 e. The number of fused-ring (bicyclic) bond motifs is 2. The van der Waals surface area contributed by atoms with Crippen molar-refractivity contribution in [2.75, 3.05) is 7.11 Å². The Kier molecular flexibility index (Phi) is 3.40. The molecular formula is C15H12F2O2S. The number of aliphatic hydroxyl groups excluding tert-OH is 1. The van der Waals surface area contributed by atoms with E-state index >= 15 is 0 Å². The first kappa shape index (κ1) is 13.4. The number of ether oxygens (including phenoxy) is 1. The van der Waals surface area contributed by atoms with E-state index < -0.39 is 17.7 Å². The molecule has 0 radical (unpaired) electrons. The molecule has 104 valence electrons. The minimum atomic E-state index is -1.03. The first-order valence-corrected chi connectivity index (χ1v) is 7.06. The van der Waals surface area contributed by atoms with Crippen LogP contribution in [0.3, 0.4) is 0 Å². The van der Waals surface area contributed by atoms with Crippen LogP contribution in [0.2, 0.25) is 0 Å². The van der Waals surface area contributed by atoms with Crippen molar-refractivity contribution in [2.45, 2.75) is 16.8 Å². The fraction of sp³-hybridized carbons (Fsp3) is 0.200. The average Bonchev–Trinajstić information content (AvgIpc) is 2.61. The standard InChI is InChI=1S/C15H12F2O2S/c1-19-11-6-10(16)14(17)9-7-20-12-5-3-2-4-8(12)15(18)13(9)11/h2-6,15,18H,7H2,1H3. The fourth-order valence-electron chi connectivity index (χ4n) is 2.42. The molecule has 0 saturated heterocycles. The Morgan fingerprint density at radius 1 is 1.30 bits per heavy atom. The number of rotatable bonds is 1. The summed E-state index contributed by atoms with van der Waals surface area (Å²) in [5.41, 5.74) is 1.15. The monoisotopic (exact) mass is 294 g/mol. The second-order valence-electron chi connectivity index (χ2n) is 4.50. The quantitative estimate of drug-likeness (QED) is 0.870. The van der Waals surface area contributed by atoms with Crippen LogP contribution in [0.5, 0.6) is 5.75 Å². The van der Waals surface area contributed by atoms with Crippen molar-refractivity contribution in [2.24, 2.45) is 0 Å². The second-order valence-corrected chi connectivity index (χ2v) is 5.51. The largest absolute Gasteiger partial charge is 0.496 e. The van der Waals surface area contributed by atoms with Crippen molar-refractivity contribution < 1.29 is 18.6 Å². The first-order valence-electron chi connectivity index (χ1n) is 6.08. The Morgan fingerprint density at radius 2 is 2.05 bits per heavy atom. The molecule has 1 unspecified atom stereocenters. The predicted octanol–water partition coefficient (Wildman–Crippen LogP) is 3.66. The van der Waals surface area contributed by atoms with Gasteiger partial charge in [-0.1, -0.05) is 18.2 Å². The van der Waals surface area contributed by atoms with Gasteiger partial charge in [0.2, 0.25) is 0 Å². The zero-order valence-electron chi connectivity index (χ0n) is 10.7.